The number of amides is 1. The summed E-state index contributed by atoms with van der Waals surface area (Å²) in [6.07, 6.45) is 0.956. The molecule has 0 aliphatic carbocycles. The number of aryl methyl sites for hydroxylation is 1. The molecule has 1 atom stereocenters. The molecule has 21 heavy (non-hydrogen) atoms. The van der Waals surface area contributed by atoms with Crippen molar-refractivity contribution in [3.05, 3.63) is 46.1 Å². The van der Waals surface area contributed by atoms with Crippen LogP contribution in [0.25, 0.3) is 0 Å². The Hall–Kier alpha value is -1.66. The molecule has 0 saturated heterocycles. The molecule has 0 aliphatic heterocycles. The zero-order valence-corrected chi connectivity index (χ0v) is 13.7. The normalized spacial score (nSPS) is 12.1. The van der Waals surface area contributed by atoms with Crippen LogP contribution >= 0.6 is 15.9 Å². The lowest BCUT2D eigenvalue weighted by Gasteiger charge is -2.13. The Labute approximate surface area is 132 Å². The van der Waals surface area contributed by atoms with Gasteiger partial charge in [0.2, 0.25) is 0 Å². The molecule has 0 radical (unpaired) electrons. The maximum absolute atomic E-state index is 11.9. The highest BCUT2D eigenvalue weighted by Gasteiger charge is 2.15. The van der Waals surface area contributed by atoms with Crippen LogP contribution in [0, 0.1) is 6.92 Å². The fraction of sp³-hybridized carbons (Fsp3) is 0.333. The third-order valence-corrected chi connectivity index (χ3v) is 3.75. The zero-order valence-electron chi connectivity index (χ0n) is 12.1. The number of anilines is 1. The Morgan fingerprint density at radius 1 is 1.43 bits per heavy atom. The summed E-state index contributed by atoms with van der Waals surface area (Å²) in [4.78, 5) is 11.9. The number of carbonyl (C=O) groups excluding carboxylic acids is 1. The second-order valence-electron chi connectivity index (χ2n) is 4.88. The van der Waals surface area contributed by atoms with E-state index >= 15 is 0 Å². The Kier molecular flexibility index (Phi) is 5.52. The fourth-order valence-electron chi connectivity index (χ4n) is 2.12. The first kappa shape index (κ1) is 15.7. The van der Waals surface area contributed by atoms with Crippen LogP contribution in [-0.2, 0) is 4.79 Å². The molecule has 1 amide bonds. The van der Waals surface area contributed by atoms with Crippen LogP contribution in [0.2, 0.25) is 0 Å². The molecule has 0 fully saturated rings. The number of carbonyl (C=O) groups is 1. The second kappa shape index (κ2) is 7.38. The molecule has 1 aromatic carbocycles. The van der Waals surface area contributed by atoms with Gasteiger partial charge in [-0.2, -0.15) is 0 Å². The number of nitrogens with two attached hydrogens (primary N) is 1. The van der Waals surface area contributed by atoms with Crippen molar-refractivity contribution in [2.24, 2.45) is 0 Å². The highest BCUT2D eigenvalue weighted by atomic mass is 79.9. The van der Waals surface area contributed by atoms with Gasteiger partial charge in [-0.1, -0.05) is 40.1 Å². The first-order chi connectivity index (χ1) is 10.1. The number of aromatic nitrogens is 1. The fourth-order valence-corrected chi connectivity index (χ4v) is 2.38. The van der Waals surface area contributed by atoms with Gasteiger partial charge >= 0.3 is 0 Å². The van der Waals surface area contributed by atoms with Crippen molar-refractivity contribution in [3.63, 3.8) is 0 Å². The molecule has 0 unspecified atom stereocenters. The highest BCUT2D eigenvalue weighted by Crippen LogP contribution is 2.16. The molecule has 1 aromatic heterocycles. The molecular weight excluding hydrogens is 334 g/mol. The third kappa shape index (κ3) is 4.68. The molecular formula is C15H19BrN3O2+. The molecule has 2 aromatic rings. The van der Waals surface area contributed by atoms with Gasteiger partial charge in [-0.15, -0.1) is 0 Å². The average Bonchev–Trinajstić information content (AvgIpc) is 2.86. The Morgan fingerprint density at radius 2 is 2.14 bits per heavy atom. The van der Waals surface area contributed by atoms with E-state index in [1.165, 1.54) is 5.56 Å². The lowest BCUT2D eigenvalue weighted by Crippen LogP contribution is -2.87. The van der Waals surface area contributed by atoms with E-state index < -0.39 is 0 Å². The minimum absolute atomic E-state index is 0.0844. The van der Waals surface area contributed by atoms with Crippen LogP contribution in [0.1, 0.15) is 30.7 Å². The SMILES string of the molecule is CC[C@@H]([NH2+]CC(=O)Nc1cc(C)on1)c1ccc(Br)cc1. The molecule has 0 aliphatic rings. The summed E-state index contributed by atoms with van der Waals surface area (Å²) in [7, 11) is 0. The monoisotopic (exact) mass is 352 g/mol. The first-order valence-corrected chi connectivity index (χ1v) is 7.69. The van der Waals surface area contributed by atoms with E-state index in [2.05, 4.69) is 45.5 Å². The molecule has 0 spiro atoms. The Morgan fingerprint density at radius 3 is 2.71 bits per heavy atom. The molecule has 2 rings (SSSR count). The van der Waals surface area contributed by atoms with Gasteiger partial charge in [0.25, 0.3) is 5.91 Å². The van der Waals surface area contributed by atoms with Crippen LogP contribution in [0.15, 0.2) is 39.3 Å². The first-order valence-electron chi connectivity index (χ1n) is 6.90. The van der Waals surface area contributed by atoms with Crippen LogP contribution in [0.5, 0.6) is 0 Å². The van der Waals surface area contributed by atoms with E-state index in [-0.39, 0.29) is 11.9 Å². The van der Waals surface area contributed by atoms with Gasteiger partial charge in [0.1, 0.15) is 11.8 Å². The number of halogens is 1. The number of nitrogens with zero attached hydrogens (tertiary/aromatic N) is 1. The molecule has 112 valence electrons. The number of hydrogen-bond acceptors (Lipinski definition) is 3. The lowest BCUT2D eigenvalue weighted by atomic mass is 10.0. The van der Waals surface area contributed by atoms with Crippen LogP contribution < -0.4 is 10.6 Å². The minimum Gasteiger partial charge on any atom is -0.360 e. The summed E-state index contributed by atoms with van der Waals surface area (Å²) in [5.74, 6) is 1.05. The number of rotatable bonds is 6. The van der Waals surface area contributed by atoms with Crippen molar-refractivity contribution < 1.29 is 14.6 Å². The van der Waals surface area contributed by atoms with E-state index in [1.807, 2.05) is 17.4 Å². The zero-order chi connectivity index (χ0) is 15.2. The van der Waals surface area contributed by atoms with Crippen LogP contribution in [-0.4, -0.2) is 17.6 Å². The predicted octanol–water partition coefficient (Wildman–Crippen LogP) is 2.40. The molecule has 1 heterocycles. The predicted molar refractivity (Wildman–Crippen MR) is 83.8 cm³/mol. The van der Waals surface area contributed by atoms with Gasteiger partial charge in [0.05, 0.1) is 0 Å². The lowest BCUT2D eigenvalue weighted by molar-refractivity contribution is -0.686. The van der Waals surface area contributed by atoms with E-state index in [1.54, 1.807) is 13.0 Å². The number of nitrogens with one attached hydrogen (secondary N) is 1. The van der Waals surface area contributed by atoms with Gasteiger partial charge in [-0.3, -0.25) is 4.79 Å². The summed E-state index contributed by atoms with van der Waals surface area (Å²) >= 11 is 3.43. The third-order valence-electron chi connectivity index (χ3n) is 3.22. The van der Waals surface area contributed by atoms with E-state index in [4.69, 9.17) is 4.52 Å². The van der Waals surface area contributed by atoms with Crippen molar-refractivity contribution in [1.82, 2.24) is 5.16 Å². The van der Waals surface area contributed by atoms with Crippen LogP contribution in [0.4, 0.5) is 5.82 Å². The summed E-state index contributed by atoms with van der Waals surface area (Å²) in [6, 6.07) is 10.2. The summed E-state index contributed by atoms with van der Waals surface area (Å²) in [5.41, 5.74) is 1.21. The standard InChI is InChI=1S/C15H18BrN3O2/c1-3-13(11-4-6-12(16)7-5-11)17-9-15(20)18-14-8-10(2)21-19-14/h4-8,13,17H,3,9H2,1-2H3,(H,18,19,20)/p+1/t13-/m1/s1. The van der Waals surface area contributed by atoms with Gasteiger partial charge in [-0.05, 0) is 19.1 Å². The Balaban J connectivity index is 1.87. The largest absolute Gasteiger partial charge is 0.360 e. The topological polar surface area (TPSA) is 71.7 Å². The maximum Gasteiger partial charge on any atom is 0.280 e. The van der Waals surface area contributed by atoms with Crippen molar-refractivity contribution in [3.8, 4) is 0 Å². The number of benzene rings is 1. The maximum atomic E-state index is 11.9. The minimum atomic E-state index is -0.0844. The summed E-state index contributed by atoms with van der Waals surface area (Å²) < 4.78 is 5.97. The smallest absolute Gasteiger partial charge is 0.280 e. The molecule has 0 bridgehead atoms. The second-order valence-corrected chi connectivity index (χ2v) is 5.79. The Bertz CT molecular complexity index is 595. The van der Waals surface area contributed by atoms with Gasteiger partial charge in [0, 0.05) is 22.5 Å². The van der Waals surface area contributed by atoms with E-state index in [0.717, 1.165) is 10.9 Å². The van der Waals surface area contributed by atoms with Gasteiger partial charge in [0.15, 0.2) is 12.4 Å². The summed E-state index contributed by atoms with van der Waals surface area (Å²) in [5, 5.41) is 8.50. The van der Waals surface area contributed by atoms with Crippen molar-refractivity contribution in [1.29, 1.82) is 0 Å². The van der Waals surface area contributed by atoms with Crippen molar-refractivity contribution in [2.75, 3.05) is 11.9 Å². The molecule has 6 heteroatoms. The quantitative estimate of drug-likeness (QED) is 0.838. The van der Waals surface area contributed by atoms with E-state index in [9.17, 15) is 4.79 Å². The number of quaternary nitrogens is 1. The van der Waals surface area contributed by atoms with Gasteiger partial charge < -0.3 is 15.2 Å². The highest BCUT2D eigenvalue weighted by molar-refractivity contribution is 9.10. The van der Waals surface area contributed by atoms with Crippen molar-refractivity contribution in [2.45, 2.75) is 26.3 Å². The average molecular weight is 353 g/mol. The van der Waals surface area contributed by atoms with E-state index in [0.29, 0.717) is 18.1 Å². The molecule has 5 nitrogen and oxygen atoms in total. The number of hydrogen-bond donors (Lipinski definition) is 2. The molecule has 0 saturated carbocycles. The van der Waals surface area contributed by atoms with Gasteiger partial charge in [-0.25, -0.2) is 0 Å². The van der Waals surface area contributed by atoms with Crippen molar-refractivity contribution >= 4 is 27.7 Å². The molecule has 3 N–H and O–H groups in total. The summed E-state index contributed by atoms with van der Waals surface area (Å²) in [6.45, 7) is 4.25. The van der Waals surface area contributed by atoms with Crippen LogP contribution in [0.3, 0.4) is 0 Å².